The van der Waals surface area contributed by atoms with E-state index in [1.165, 1.54) is 36.2 Å². The minimum atomic E-state index is -5.36. The molecule has 0 bridgehead atoms. The van der Waals surface area contributed by atoms with Gasteiger partial charge in [0.2, 0.25) is 5.91 Å². The fraction of sp³-hybridized carbons (Fsp3) is 0.304. The molecule has 1 saturated heterocycles. The summed E-state index contributed by atoms with van der Waals surface area (Å²) in [5, 5.41) is 2.45. The van der Waals surface area contributed by atoms with Crippen molar-refractivity contribution < 1.29 is 40.7 Å². The maximum absolute atomic E-state index is 14.1. The fourth-order valence-corrected chi connectivity index (χ4v) is 4.52. The van der Waals surface area contributed by atoms with Gasteiger partial charge in [-0.05, 0) is 35.9 Å². The summed E-state index contributed by atoms with van der Waals surface area (Å²) in [5.41, 5.74) is -4.34. The number of morpholine rings is 1. The summed E-state index contributed by atoms with van der Waals surface area (Å²) in [6.45, 7) is 0.965. The van der Waals surface area contributed by atoms with Crippen LogP contribution in [0.3, 0.4) is 0 Å². The number of carbonyl (C=O) groups excluding carboxylic acids is 2. The average molecular weight is 566 g/mol. The molecule has 3 rings (SSSR count). The van der Waals surface area contributed by atoms with Gasteiger partial charge in [0.15, 0.2) is 0 Å². The number of urea groups is 1. The van der Waals surface area contributed by atoms with E-state index in [0.29, 0.717) is 11.8 Å². The highest BCUT2D eigenvalue weighted by atomic mass is 32.2. The van der Waals surface area contributed by atoms with E-state index >= 15 is 0 Å². The predicted molar refractivity (Wildman–Crippen MR) is 129 cm³/mol. The number of carbonyl (C=O) groups is 2. The Morgan fingerprint density at radius 3 is 2.30 bits per heavy atom. The van der Waals surface area contributed by atoms with Gasteiger partial charge in [0, 0.05) is 41.7 Å². The zero-order valence-corrected chi connectivity index (χ0v) is 20.9. The second-order valence-electron chi connectivity index (χ2n) is 7.75. The smallest absolute Gasteiger partial charge is 0.378 e. The van der Waals surface area contributed by atoms with Crippen LogP contribution < -0.4 is 5.32 Å². The summed E-state index contributed by atoms with van der Waals surface area (Å²) in [5.74, 6) is -0.630. The molecule has 200 valence electrons. The van der Waals surface area contributed by atoms with E-state index in [0.717, 1.165) is 28.6 Å². The van der Waals surface area contributed by atoms with E-state index in [4.69, 9.17) is 4.74 Å². The molecule has 6 nitrogen and oxygen atoms in total. The number of rotatable bonds is 5. The summed E-state index contributed by atoms with van der Waals surface area (Å²) in [7, 11) is 1.36. The Morgan fingerprint density at radius 1 is 1.05 bits per heavy atom. The van der Waals surface area contributed by atoms with Crippen LogP contribution in [0.15, 0.2) is 52.3 Å². The van der Waals surface area contributed by atoms with Gasteiger partial charge >= 0.3 is 18.4 Å². The lowest BCUT2D eigenvalue weighted by Crippen LogP contribution is -2.39. The molecule has 0 saturated carbocycles. The predicted octanol–water partition coefficient (Wildman–Crippen LogP) is 6.06. The number of thiol groups is 1. The quantitative estimate of drug-likeness (QED) is 0.263. The van der Waals surface area contributed by atoms with Crippen LogP contribution in [0.4, 0.5) is 36.8 Å². The lowest BCUT2D eigenvalue weighted by molar-refractivity contribution is -0.163. The van der Waals surface area contributed by atoms with Crippen molar-refractivity contribution in [1.29, 1.82) is 0 Å². The number of hydrogen-bond donors (Lipinski definition) is 2. The van der Waals surface area contributed by atoms with Crippen molar-refractivity contribution in [3.63, 3.8) is 0 Å². The van der Waals surface area contributed by atoms with E-state index in [2.05, 4.69) is 18.1 Å². The largest absolute Gasteiger partial charge is 0.418 e. The van der Waals surface area contributed by atoms with Crippen LogP contribution in [0.2, 0.25) is 0 Å². The van der Waals surface area contributed by atoms with E-state index in [9.17, 15) is 35.9 Å². The molecule has 2 aromatic rings. The van der Waals surface area contributed by atoms with Gasteiger partial charge in [-0.25, -0.2) is 4.79 Å². The van der Waals surface area contributed by atoms with Crippen molar-refractivity contribution in [1.82, 2.24) is 9.21 Å². The molecule has 0 aromatic heterocycles. The third-order valence-corrected chi connectivity index (χ3v) is 6.33. The standard InChI is InChI=1S/C23H21F6N3O3S2/c1-31(36)21(34)30-15-3-2-4-16(13-15)37-17-7-5-14(6-8-18(33)32-9-11-35-12-10-32)19(22(24,25)26)20(17)23(27,28)29/h2-8,13,36H,9-12H2,1H3,(H,30,34). The molecule has 0 aliphatic carbocycles. The van der Waals surface area contributed by atoms with Crippen molar-refractivity contribution in [2.24, 2.45) is 0 Å². The topological polar surface area (TPSA) is 61.9 Å². The molecule has 1 aliphatic heterocycles. The van der Waals surface area contributed by atoms with Gasteiger partial charge in [0.05, 0.1) is 24.3 Å². The summed E-state index contributed by atoms with van der Waals surface area (Å²) in [6, 6.07) is 6.81. The number of nitrogens with zero attached hydrogens (tertiary/aromatic N) is 2. The number of hydrogen-bond acceptors (Lipinski definition) is 5. The normalized spacial score (nSPS) is 14.6. The van der Waals surface area contributed by atoms with E-state index in [1.54, 1.807) is 0 Å². The lowest BCUT2D eigenvalue weighted by atomic mass is 9.99. The van der Waals surface area contributed by atoms with Crippen LogP contribution in [0, 0.1) is 0 Å². The molecule has 1 heterocycles. The van der Waals surface area contributed by atoms with Gasteiger partial charge in [0.1, 0.15) is 0 Å². The first kappa shape index (κ1) is 28.7. The molecule has 2 aromatic carbocycles. The summed E-state index contributed by atoms with van der Waals surface area (Å²) < 4.78 is 90.2. The highest BCUT2D eigenvalue weighted by Crippen LogP contribution is 2.48. The zero-order chi connectivity index (χ0) is 27.4. The summed E-state index contributed by atoms with van der Waals surface area (Å²) >= 11 is 4.29. The lowest BCUT2D eigenvalue weighted by Gasteiger charge is -2.25. The van der Waals surface area contributed by atoms with Crippen LogP contribution in [-0.2, 0) is 21.9 Å². The SMILES string of the molecule is CN(S)C(=O)Nc1cccc(Sc2ccc(C=CC(=O)N3CCOCC3)c(C(F)(F)F)c2C(F)(F)F)c1. The van der Waals surface area contributed by atoms with Crippen molar-refractivity contribution in [3.8, 4) is 0 Å². The molecule has 0 atom stereocenters. The molecule has 37 heavy (non-hydrogen) atoms. The molecule has 14 heteroatoms. The molecular formula is C23H21F6N3O3S2. The Labute approximate surface area is 218 Å². The maximum atomic E-state index is 14.1. The highest BCUT2D eigenvalue weighted by Gasteiger charge is 2.46. The molecule has 1 aliphatic rings. The first-order valence-corrected chi connectivity index (χ1v) is 11.9. The zero-order valence-electron chi connectivity index (χ0n) is 19.2. The Morgan fingerprint density at radius 2 is 1.70 bits per heavy atom. The Kier molecular flexibility index (Phi) is 9.08. The minimum Gasteiger partial charge on any atom is -0.378 e. The van der Waals surface area contributed by atoms with E-state index in [1.807, 2.05) is 0 Å². The highest BCUT2D eigenvalue weighted by molar-refractivity contribution is 7.99. The maximum Gasteiger partial charge on any atom is 0.418 e. The third kappa shape index (κ3) is 7.58. The molecular weight excluding hydrogens is 544 g/mol. The second kappa shape index (κ2) is 11.7. The van der Waals surface area contributed by atoms with Crippen LogP contribution in [0.5, 0.6) is 0 Å². The minimum absolute atomic E-state index is 0.157. The Hall–Kier alpha value is -2.84. The monoisotopic (exact) mass is 565 g/mol. The molecule has 0 spiro atoms. The van der Waals surface area contributed by atoms with Gasteiger partial charge < -0.3 is 15.0 Å². The number of ether oxygens (including phenoxy) is 1. The Balaban J connectivity index is 2.01. The second-order valence-corrected chi connectivity index (χ2v) is 9.47. The van der Waals surface area contributed by atoms with Crippen molar-refractivity contribution >= 4 is 48.3 Å². The van der Waals surface area contributed by atoms with E-state index < -0.39 is 45.9 Å². The van der Waals surface area contributed by atoms with Crippen molar-refractivity contribution in [2.45, 2.75) is 22.1 Å². The average Bonchev–Trinajstić information content (AvgIpc) is 2.82. The van der Waals surface area contributed by atoms with Gasteiger partial charge in [-0.15, -0.1) is 0 Å². The van der Waals surface area contributed by atoms with Gasteiger partial charge in [0.25, 0.3) is 0 Å². The van der Waals surface area contributed by atoms with Gasteiger partial charge in [-0.1, -0.05) is 36.7 Å². The Bertz CT molecular complexity index is 1180. The number of alkyl halides is 6. The summed E-state index contributed by atoms with van der Waals surface area (Å²) in [6.07, 6.45) is -9.15. The number of halogens is 6. The molecule has 0 unspecified atom stereocenters. The number of amides is 3. The van der Waals surface area contributed by atoms with Crippen LogP contribution in [-0.4, -0.2) is 54.5 Å². The molecule has 0 radical (unpaired) electrons. The first-order valence-electron chi connectivity index (χ1n) is 10.6. The van der Waals surface area contributed by atoms with Crippen LogP contribution >= 0.6 is 24.6 Å². The third-order valence-electron chi connectivity index (χ3n) is 5.10. The summed E-state index contributed by atoms with van der Waals surface area (Å²) in [4.78, 5) is 24.9. The molecule has 1 N–H and O–H groups in total. The number of benzene rings is 2. The first-order chi connectivity index (χ1) is 17.3. The van der Waals surface area contributed by atoms with Crippen molar-refractivity contribution in [3.05, 3.63) is 59.2 Å². The van der Waals surface area contributed by atoms with Crippen LogP contribution in [0.1, 0.15) is 16.7 Å². The molecule has 1 fully saturated rings. The number of nitrogens with one attached hydrogen (secondary N) is 1. The van der Waals surface area contributed by atoms with Gasteiger partial charge in [-0.2, -0.15) is 26.3 Å². The fourth-order valence-electron chi connectivity index (χ4n) is 3.43. The van der Waals surface area contributed by atoms with Crippen molar-refractivity contribution in [2.75, 3.05) is 38.7 Å². The molecule has 3 amide bonds. The van der Waals surface area contributed by atoms with E-state index in [-0.39, 0.29) is 36.9 Å². The number of anilines is 1. The van der Waals surface area contributed by atoms with Crippen LogP contribution in [0.25, 0.3) is 6.08 Å². The van der Waals surface area contributed by atoms with Gasteiger partial charge in [-0.3, -0.25) is 9.10 Å².